The molecule has 0 aliphatic carbocycles. The maximum Gasteiger partial charge on any atom is 0.433 e. The van der Waals surface area contributed by atoms with Gasteiger partial charge in [0.15, 0.2) is 0 Å². The van der Waals surface area contributed by atoms with Gasteiger partial charge in [-0.15, -0.1) is 0 Å². The van der Waals surface area contributed by atoms with E-state index >= 15 is 0 Å². The first-order chi connectivity index (χ1) is 12.3. The summed E-state index contributed by atoms with van der Waals surface area (Å²) in [5, 5.41) is 2.93. The predicted octanol–water partition coefficient (Wildman–Crippen LogP) is 4.39. The van der Waals surface area contributed by atoms with Gasteiger partial charge in [-0.1, -0.05) is 17.7 Å². The van der Waals surface area contributed by atoms with Crippen LogP contribution in [-0.4, -0.2) is 35.0 Å². The van der Waals surface area contributed by atoms with Crippen LogP contribution in [0.1, 0.15) is 23.7 Å². The van der Waals surface area contributed by atoms with E-state index in [-0.39, 0.29) is 22.9 Å². The van der Waals surface area contributed by atoms with E-state index in [0.29, 0.717) is 6.54 Å². The fourth-order valence-electron chi connectivity index (χ4n) is 3.29. The van der Waals surface area contributed by atoms with Gasteiger partial charge in [0.25, 0.3) is 0 Å². The quantitative estimate of drug-likeness (QED) is 0.788. The lowest BCUT2D eigenvalue weighted by Gasteiger charge is -2.26. The summed E-state index contributed by atoms with van der Waals surface area (Å²) >= 11 is 5.74. The first-order valence-corrected chi connectivity index (χ1v) is 8.43. The van der Waals surface area contributed by atoms with Crippen LogP contribution < -0.4 is 5.32 Å². The molecule has 0 spiro atoms. The molecule has 1 saturated heterocycles. The van der Waals surface area contributed by atoms with Crippen molar-refractivity contribution in [1.82, 2.24) is 14.9 Å². The molecule has 1 N–H and O–H groups in total. The van der Waals surface area contributed by atoms with Gasteiger partial charge in [0.2, 0.25) is 5.95 Å². The van der Waals surface area contributed by atoms with E-state index in [1.807, 2.05) is 7.05 Å². The topological polar surface area (TPSA) is 41.0 Å². The van der Waals surface area contributed by atoms with Crippen LogP contribution in [0, 0.1) is 11.7 Å². The Morgan fingerprint density at radius 1 is 1.31 bits per heavy atom. The van der Waals surface area contributed by atoms with Crippen molar-refractivity contribution in [1.29, 1.82) is 0 Å². The zero-order valence-corrected chi connectivity index (χ0v) is 14.7. The van der Waals surface area contributed by atoms with Crippen LogP contribution >= 0.6 is 11.6 Å². The number of alkyl halides is 3. The number of anilines is 1. The van der Waals surface area contributed by atoms with Gasteiger partial charge in [0, 0.05) is 18.8 Å². The third kappa shape index (κ3) is 4.07. The first kappa shape index (κ1) is 18.8. The number of hydrogen-bond acceptors (Lipinski definition) is 4. The Labute approximate surface area is 153 Å². The molecule has 0 radical (unpaired) electrons. The predicted molar refractivity (Wildman–Crippen MR) is 90.4 cm³/mol. The second kappa shape index (κ2) is 7.36. The molecular weight excluding hydrogens is 372 g/mol. The molecule has 1 aliphatic rings. The molecule has 1 aromatic carbocycles. The van der Waals surface area contributed by atoms with Crippen molar-refractivity contribution in [2.45, 2.75) is 18.6 Å². The number of nitrogens with one attached hydrogen (secondary N) is 1. The number of halogens is 5. The molecule has 0 saturated carbocycles. The summed E-state index contributed by atoms with van der Waals surface area (Å²) in [6, 6.07) is 5.45. The second-order valence-electron chi connectivity index (χ2n) is 6.29. The maximum atomic E-state index is 13.8. The van der Waals surface area contributed by atoms with E-state index in [0.717, 1.165) is 30.8 Å². The normalized spacial score (nSPS) is 21.2. The SMILES string of the molecule is CN1CCC(CNc2nccc(C(F)(F)F)n2)C1c1ccc(Cl)c(F)c1. The van der Waals surface area contributed by atoms with Crippen molar-refractivity contribution in [2.24, 2.45) is 5.92 Å². The van der Waals surface area contributed by atoms with Crippen LogP contribution in [0.3, 0.4) is 0 Å². The molecule has 2 aromatic rings. The van der Waals surface area contributed by atoms with Crippen molar-refractivity contribution in [3.8, 4) is 0 Å². The van der Waals surface area contributed by atoms with E-state index < -0.39 is 17.7 Å². The summed E-state index contributed by atoms with van der Waals surface area (Å²) in [4.78, 5) is 9.44. The third-order valence-electron chi connectivity index (χ3n) is 4.53. The monoisotopic (exact) mass is 388 g/mol. The Hall–Kier alpha value is -1.93. The highest BCUT2D eigenvalue weighted by Crippen LogP contribution is 2.37. The lowest BCUT2D eigenvalue weighted by atomic mass is 9.93. The minimum atomic E-state index is -4.52. The number of likely N-dealkylation sites (tertiary alicyclic amines) is 1. The molecule has 3 rings (SSSR count). The lowest BCUT2D eigenvalue weighted by Crippen LogP contribution is -2.25. The molecule has 140 valence electrons. The molecular formula is C17H17ClF4N4. The molecule has 1 fully saturated rings. The van der Waals surface area contributed by atoms with Crippen molar-refractivity contribution >= 4 is 17.5 Å². The highest BCUT2D eigenvalue weighted by Gasteiger charge is 2.34. The Morgan fingerprint density at radius 3 is 2.77 bits per heavy atom. The number of aromatic nitrogens is 2. The van der Waals surface area contributed by atoms with Crippen molar-refractivity contribution in [2.75, 3.05) is 25.5 Å². The third-order valence-corrected chi connectivity index (χ3v) is 4.83. The number of hydrogen-bond donors (Lipinski definition) is 1. The molecule has 1 aliphatic heterocycles. The molecule has 0 bridgehead atoms. The van der Waals surface area contributed by atoms with Crippen molar-refractivity contribution in [3.63, 3.8) is 0 Å². The fourth-order valence-corrected chi connectivity index (χ4v) is 3.40. The summed E-state index contributed by atoms with van der Waals surface area (Å²) in [5.74, 6) is -0.494. The zero-order valence-electron chi connectivity index (χ0n) is 13.9. The van der Waals surface area contributed by atoms with Gasteiger partial charge in [-0.05, 0) is 49.7 Å². The maximum absolute atomic E-state index is 13.8. The minimum Gasteiger partial charge on any atom is -0.354 e. The Bertz CT molecular complexity index is 784. The van der Waals surface area contributed by atoms with Crippen LogP contribution in [0.2, 0.25) is 5.02 Å². The van der Waals surface area contributed by atoms with Gasteiger partial charge in [-0.3, -0.25) is 4.90 Å². The van der Waals surface area contributed by atoms with Crippen molar-refractivity contribution in [3.05, 3.63) is 52.6 Å². The first-order valence-electron chi connectivity index (χ1n) is 8.05. The molecule has 2 heterocycles. The van der Waals surface area contributed by atoms with Gasteiger partial charge in [-0.25, -0.2) is 14.4 Å². The highest BCUT2D eigenvalue weighted by atomic mass is 35.5. The van der Waals surface area contributed by atoms with Crippen LogP contribution in [0.4, 0.5) is 23.5 Å². The van der Waals surface area contributed by atoms with Crippen molar-refractivity contribution < 1.29 is 17.6 Å². The van der Waals surface area contributed by atoms with E-state index in [4.69, 9.17) is 11.6 Å². The molecule has 26 heavy (non-hydrogen) atoms. The van der Waals surface area contributed by atoms with E-state index in [1.54, 1.807) is 6.07 Å². The molecule has 9 heteroatoms. The van der Waals surface area contributed by atoms with Gasteiger partial charge in [0.05, 0.1) is 5.02 Å². The minimum absolute atomic E-state index is 0.0569. The Kier molecular flexibility index (Phi) is 5.34. The fraction of sp³-hybridized carbons (Fsp3) is 0.412. The molecule has 2 atom stereocenters. The van der Waals surface area contributed by atoms with Crippen LogP contribution in [0.5, 0.6) is 0 Å². The summed E-state index contributed by atoms with van der Waals surface area (Å²) in [7, 11) is 1.93. The molecule has 0 amide bonds. The summed E-state index contributed by atoms with van der Waals surface area (Å²) in [6.07, 6.45) is -2.63. The summed E-state index contributed by atoms with van der Waals surface area (Å²) < 4.78 is 52.0. The largest absolute Gasteiger partial charge is 0.433 e. The van der Waals surface area contributed by atoms with Crippen LogP contribution in [-0.2, 0) is 6.18 Å². The summed E-state index contributed by atoms with van der Waals surface area (Å²) in [5.41, 5.74) is -0.210. The Balaban J connectivity index is 1.73. The summed E-state index contributed by atoms with van der Waals surface area (Å²) in [6.45, 7) is 1.17. The van der Waals surface area contributed by atoms with Gasteiger partial charge in [-0.2, -0.15) is 13.2 Å². The number of rotatable bonds is 4. The standard InChI is InChI=1S/C17H17ClF4N4/c1-26-7-5-11(15(26)10-2-3-12(18)13(19)8-10)9-24-16-23-6-4-14(25-16)17(20,21)22/h2-4,6,8,11,15H,5,7,9H2,1H3,(H,23,24,25). The van der Waals surface area contributed by atoms with Gasteiger partial charge >= 0.3 is 6.18 Å². The zero-order chi connectivity index (χ0) is 18.9. The van der Waals surface area contributed by atoms with E-state index in [1.165, 1.54) is 12.1 Å². The Morgan fingerprint density at radius 2 is 2.08 bits per heavy atom. The highest BCUT2D eigenvalue weighted by molar-refractivity contribution is 6.30. The molecule has 1 aromatic heterocycles. The van der Waals surface area contributed by atoms with Crippen LogP contribution in [0.25, 0.3) is 0 Å². The number of benzene rings is 1. The van der Waals surface area contributed by atoms with E-state index in [9.17, 15) is 17.6 Å². The smallest absolute Gasteiger partial charge is 0.354 e. The van der Waals surface area contributed by atoms with Gasteiger partial charge < -0.3 is 5.32 Å². The number of nitrogens with zero attached hydrogens (tertiary/aromatic N) is 3. The van der Waals surface area contributed by atoms with Gasteiger partial charge in [0.1, 0.15) is 11.5 Å². The second-order valence-corrected chi connectivity index (χ2v) is 6.70. The molecule has 4 nitrogen and oxygen atoms in total. The average Bonchev–Trinajstić information content (AvgIpc) is 2.96. The lowest BCUT2D eigenvalue weighted by molar-refractivity contribution is -0.141. The average molecular weight is 389 g/mol. The van der Waals surface area contributed by atoms with Crippen LogP contribution in [0.15, 0.2) is 30.5 Å². The molecule has 2 unspecified atom stereocenters. The van der Waals surface area contributed by atoms with E-state index in [2.05, 4.69) is 20.2 Å².